The third kappa shape index (κ3) is 5.20. The molecule has 3 aromatic rings. The van der Waals surface area contributed by atoms with Crippen LogP contribution in [0, 0.1) is 0 Å². The molecule has 3 rings (SSSR count). The first kappa shape index (κ1) is 18.2. The molecule has 26 heavy (non-hydrogen) atoms. The smallest absolute Gasteiger partial charge is 0.230 e. The predicted octanol–water partition coefficient (Wildman–Crippen LogP) is 3.50. The molecule has 0 saturated heterocycles. The van der Waals surface area contributed by atoms with Crippen molar-refractivity contribution < 1.29 is 4.79 Å². The monoisotopic (exact) mass is 366 g/mol. The molecular formula is C20H22N4OS. The van der Waals surface area contributed by atoms with E-state index in [9.17, 15) is 4.79 Å². The molecule has 1 amide bonds. The summed E-state index contributed by atoms with van der Waals surface area (Å²) >= 11 is 1.39. The van der Waals surface area contributed by atoms with Gasteiger partial charge in [0.25, 0.3) is 0 Å². The first-order valence-electron chi connectivity index (χ1n) is 8.64. The van der Waals surface area contributed by atoms with E-state index in [1.807, 2.05) is 60.0 Å². The molecule has 0 aliphatic carbocycles. The summed E-state index contributed by atoms with van der Waals surface area (Å²) in [5.41, 5.74) is 2.27. The van der Waals surface area contributed by atoms with E-state index in [1.165, 1.54) is 17.3 Å². The molecule has 5 nitrogen and oxygen atoms in total. The Balaban J connectivity index is 1.47. The van der Waals surface area contributed by atoms with Gasteiger partial charge in [-0.1, -0.05) is 60.3 Å². The second-order valence-electron chi connectivity index (χ2n) is 6.10. The quantitative estimate of drug-likeness (QED) is 0.620. The summed E-state index contributed by atoms with van der Waals surface area (Å²) in [5.74, 6) is 0.333. The maximum absolute atomic E-state index is 12.2. The lowest BCUT2D eigenvalue weighted by atomic mass is 10.1. The van der Waals surface area contributed by atoms with Crippen molar-refractivity contribution in [2.24, 2.45) is 0 Å². The van der Waals surface area contributed by atoms with Gasteiger partial charge in [0.1, 0.15) is 6.33 Å². The highest BCUT2D eigenvalue weighted by molar-refractivity contribution is 7.99. The zero-order valence-electron chi connectivity index (χ0n) is 14.7. The molecule has 0 aliphatic rings. The Hall–Kier alpha value is -2.60. The van der Waals surface area contributed by atoms with Gasteiger partial charge in [0.05, 0.1) is 5.75 Å². The average molecular weight is 366 g/mol. The van der Waals surface area contributed by atoms with E-state index in [0.29, 0.717) is 10.9 Å². The summed E-state index contributed by atoms with van der Waals surface area (Å²) in [6.45, 7) is 2.04. The van der Waals surface area contributed by atoms with Gasteiger partial charge >= 0.3 is 0 Å². The van der Waals surface area contributed by atoms with Crippen molar-refractivity contribution in [3.05, 3.63) is 72.6 Å². The molecule has 134 valence electrons. The first-order chi connectivity index (χ1) is 12.7. The Morgan fingerprint density at radius 1 is 1.12 bits per heavy atom. The lowest BCUT2D eigenvalue weighted by molar-refractivity contribution is -0.119. The minimum absolute atomic E-state index is 0.0122. The van der Waals surface area contributed by atoms with Gasteiger partial charge in [-0.2, -0.15) is 0 Å². The van der Waals surface area contributed by atoms with E-state index in [0.717, 1.165) is 18.5 Å². The molecule has 0 spiro atoms. The van der Waals surface area contributed by atoms with Gasteiger partial charge in [-0.3, -0.25) is 9.36 Å². The van der Waals surface area contributed by atoms with Crippen LogP contribution in [0.2, 0.25) is 0 Å². The van der Waals surface area contributed by atoms with E-state index < -0.39 is 0 Å². The summed E-state index contributed by atoms with van der Waals surface area (Å²) < 4.78 is 1.89. The number of nitrogens with one attached hydrogen (secondary N) is 1. The van der Waals surface area contributed by atoms with Gasteiger partial charge in [-0.25, -0.2) is 0 Å². The number of hydrogen-bond acceptors (Lipinski definition) is 4. The summed E-state index contributed by atoms with van der Waals surface area (Å²) in [4.78, 5) is 12.2. The largest absolute Gasteiger partial charge is 0.353 e. The van der Waals surface area contributed by atoms with Crippen molar-refractivity contribution in [3.8, 4) is 5.69 Å². The molecule has 2 aromatic carbocycles. The van der Waals surface area contributed by atoms with Crippen molar-refractivity contribution in [1.29, 1.82) is 0 Å². The third-order valence-corrected chi connectivity index (χ3v) is 4.94. The molecule has 0 fully saturated rings. The Labute approximate surface area is 157 Å². The highest BCUT2D eigenvalue weighted by atomic mass is 32.2. The average Bonchev–Trinajstić information content (AvgIpc) is 3.15. The van der Waals surface area contributed by atoms with Crippen LogP contribution in [-0.2, 0) is 11.2 Å². The summed E-state index contributed by atoms with van der Waals surface area (Å²) in [7, 11) is 0. The number of carbonyl (C=O) groups is 1. The Kier molecular flexibility index (Phi) is 6.44. The molecule has 1 atom stereocenters. The van der Waals surface area contributed by atoms with Crippen molar-refractivity contribution in [1.82, 2.24) is 20.1 Å². The maximum Gasteiger partial charge on any atom is 0.230 e. The third-order valence-electron chi connectivity index (χ3n) is 4.00. The minimum atomic E-state index is 0.0122. The van der Waals surface area contributed by atoms with Crippen LogP contribution in [0.15, 0.2) is 72.1 Å². The van der Waals surface area contributed by atoms with Crippen molar-refractivity contribution in [3.63, 3.8) is 0 Å². The van der Waals surface area contributed by atoms with Crippen LogP contribution in [0.3, 0.4) is 0 Å². The minimum Gasteiger partial charge on any atom is -0.353 e. The van der Waals surface area contributed by atoms with E-state index in [-0.39, 0.29) is 11.9 Å². The van der Waals surface area contributed by atoms with Gasteiger partial charge in [0.2, 0.25) is 5.91 Å². The molecule has 1 heterocycles. The van der Waals surface area contributed by atoms with Gasteiger partial charge in [0.15, 0.2) is 5.16 Å². The highest BCUT2D eigenvalue weighted by Gasteiger charge is 2.12. The predicted molar refractivity (Wildman–Crippen MR) is 104 cm³/mol. The van der Waals surface area contributed by atoms with E-state index in [1.54, 1.807) is 6.33 Å². The Morgan fingerprint density at radius 3 is 2.54 bits per heavy atom. The van der Waals surface area contributed by atoms with Gasteiger partial charge < -0.3 is 5.32 Å². The summed E-state index contributed by atoms with van der Waals surface area (Å²) in [6.07, 6.45) is 3.54. The Morgan fingerprint density at radius 2 is 1.81 bits per heavy atom. The van der Waals surface area contributed by atoms with Crippen LogP contribution in [-0.4, -0.2) is 32.5 Å². The number of carbonyl (C=O) groups excluding carboxylic acids is 1. The Bertz CT molecular complexity index is 820. The van der Waals surface area contributed by atoms with Crippen LogP contribution in [0.1, 0.15) is 18.9 Å². The van der Waals surface area contributed by atoms with Crippen LogP contribution >= 0.6 is 11.8 Å². The van der Waals surface area contributed by atoms with Crippen LogP contribution in [0.25, 0.3) is 5.69 Å². The van der Waals surface area contributed by atoms with Crippen molar-refractivity contribution in [2.45, 2.75) is 31.0 Å². The van der Waals surface area contributed by atoms with E-state index >= 15 is 0 Å². The molecule has 1 N–H and O–H groups in total. The molecule has 0 bridgehead atoms. The van der Waals surface area contributed by atoms with Crippen molar-refractivity contribution >= 4 is 17.7 Å². The fourth-order valence-electron chi connectivity index (χ4n) is 2.64. The molecule has 0 saturated carbocycles. The van der Waals surface area contributed by atoms with Crippen molar-refractivity contribution in [2.75, 3.05) is 5.75 Å². The molecule has 1 aromatic heterocycles. The number of aryl methyl sites for hydroxylation is 1. The molecule has 0 unspecified atom stereocenters. The standard InChI is InChI=1S/C20H22N4OS/c1-16(12-13-17-8-4-2-5-9-17)22-19(25)14-26-20-23-21-15-24(20)18-10-6-3-7-11-18/h2-11,15-16H,12-14H2,1H3,(H,22,25)/t16-/m1/s1. The van der Waals surface area contributed by atoms with Gasteiger partial charge in [-0.15, -0.1) is 10.2 Å². The zero-order valence-corrected chi connectivity index (χ0v) is 15.5. The van der Waals surface area contributed by atoms with Gasteiger partial charge in [0, 0.05) is 11.7 Å². The van der Waals surface area contributed by atoms with E-state index in [4.69, 9.17) is 0 Å². The van der Waals surface area contributed by atoms with Crippen LogP contribution < -0.4 is 5.32 Å². The number of amides is 1. The second kappa shape index (κ2) is 9.20. The van der Waals surface area contributed by atoms with E-state index in [2.05, 4.69) is 27.6 Å². The number of benzene rings is 2. The molecular weight excluding hydrogens is 344 g/mol. The lowest BCUT2D eigenvalue weighted by Gasteiger charge is -2.14. The fraction of sp³-hybridized carbons (Fsp3) is 0.250. The number of rotatable bonds is 8. The summed E-state index contributed by atoms with van der Waals surface area (Å²) in [6, 6.07) is 20.3. The highest BCUT2D eigenvalue weighted by Crippen LogP contribution is 2.19. The van der Waals surface area contributed by atoms with Gasteiger partial charge in [-0.05, 0) is 37.5 Å². The topological polar surface area (TPSA) is 59.8 Å². The molecule has 6 heteroatoms. The zero-order chi connectivity index (χ0) is 18.2. The number of para-hydroxylation sites is 1. The number of thioether (sulfide) groups is 1. The van der Waals surface area contributed by atoms with Crippen LogP contribution in [0.5, 0.6) is 0 Å². The van der Waals surface area contributed by atoms with Crippen LogP contribution in [0.4, 0.5) is 0 Å². The number of aromatic nitrogens is 3. The molecule has 0 radical (unpaired) electrons. The maximum atomic E-state index is 12.2. The molecule has 0 aliphatic heterocycles. The number of nitrogens with zero attached hydrogens (tertiary/aromatic N) is 3. The number of hydrogen-bond donors (Lipinski definition) is 1. The SMILES string of the molecule is C[C@H](CCc1ccccc1)NC(=O)CSc1nncn1-c1ccccc1. The fourth-order valence-corrected chi connectivity index (χ4v) is 3.38. The second-order valence-corrected chi connectivity index (χ2v) is 7.04. The lowest BCUT2D eigenvalue weighted by Crippen LogP contribution is -2.34. The first-order valence-corrected chi connectivity index (χ1v) is 9.62. The summed E-state index contributed by atoms with van der Waals surface area (Å²) in [5, 5.41) is 11.8. The normalized spacial score (nSPS) is 11.9.